The molecule has 1 aliphatic rings. The van der Waals surface area contributed by atoms with E-state index in [1.165, 1.54) is 0 Å². The van der Waals surface area contributed by atoms with Crippen LogP contribution in [0.4, 0.5) is 16.2 Å². The highest BCUT2D eigenvalue weighted by Crippen LogP contribution is 2.24. The fourth-order valence-electron chi connectivity index (χ4n) is 3.04. The Labute approximate surface area is 197 Å². The van der Waals surface area contributed by atoms with Crippen molar-refractivity contribution in [1.82, 2.24) is 0 Å². The molecule has 0 spiro atoms. The Hall–Kier alpha value is -3.27. The lowest BCUT2D eigenvalue weighted by atomic mass is 10.2. The van der Waals surface area contributed by atoms with Gasteiger partial charge in [-0.2, -0.15) is 0 Å². The first-order valence-corrected chi connectivity index (χ1v) is 9.60. The molecule has 0 unspecified atom stereocenters. The smallest absolute Gasteiger partial charge is 0.414 e. The van der Waals surface area contributed by atoms with Crippen molar-refractivity contribution < 1.29 is 14.3 Å². The van der Waals surface area contributed by atoms with E-state index in [1.807, 2.05) is 78.9 Å². The first-order chi connectivity index (χ1) is 14.7. The third-order valence-electron chi connectivity index (χ3n) is 4.53. The lowest BCUT2D eigenvalue weighted by Crippen LogP contribution is -2.23. The molecule has 1 fully saturated rings. The van der Waals surface area contributed by atoms with Crippen LogP contribution >= 0.6 is 24.0 Å². The molecule has 3 N–H and O–H groups in total. The number of cyclic esters (lactones) is 1. The van der Waals surface area contributed by atoms with Gasteiger partial charge in [0.05, 0.1) is 13.1 Å². The molecule has 1 aliphatic heterocycles. The fraction of sp³-hybridized carbons (Fsp3) is 0.130. The Bertz CT molecular complexity index is 1040. The number of nitrogens with one attached hydrogen (secondary N) is 1. The molecule has 1 heterocycles. The molecule has 1 saturated heterocycles. The number of amides is 1. The van der Waals surface area contributed by atoms with Crippen LogP contribution in [0.1, 0.15) is 5.56 Å². The Kier molecular flexibility index (Phi) is 7.71. The van der Waals surface area contributed by atoms with Crippen molar-refractivity contribution in [3.8, 4) is 11.5 Å². The van der Waals surface area contributed by atoms with Crippen LogP contribution in [0.25, 0.3) is 0 Å². The summed E-state index contributed by atoms with van der Waals surface area (Å²) >= 11 is 0. The Morgan fingerprint density at radius 1 is 1.03 bits per heavy atom. The lowest BCUT2D eigenvalue weighted by molar-refractivity contribution is 0.181. The normalized spacial score (nSPS) is 13.4. The fourth-order valence-corrected chi connectivity index (χ4v) is 3.04. The van der Waals surface area contributed by atoms with Crippen molar-refractivity contribution in [1.29, 1.82) is 0 Å². The second kappa shape index (κ2) is 10.7. The minimum absolute atomic E-state index is 0. The van der Waals surface area contributed by atoms with Gasteiger partial charge in [-0.3, -0.25) is 4.90 Å². The van der Waals surface area contributed by atoms with Crippen LogP contribution < -0.4 is 20.7 Å². The molecule has 1 amide bonds. The van der Waals surface area contributed by atoms with Gasteiger partial charge in [-0.05, 0) is 42.0 Å². The van der Waals surface area contributed by atoms with Gasteiger partial charge in [0.2, 0.25) is 0 Å². The zero-order chi connectivity index (χ0) is 20.8. The highest BCUT2D eigenvalue weighted by Gasteiger charge is 2.23. The van der Waals surface area contributed by atoms with E-state index in [0.29, 0.717) is 31.4 Å². The number of benzene rings is 3. The molecule has 0 atom stereocenters. The lowest BCUT2D eigenvalue weighted by Gasteiger charge is -2.12. The van der Waals surface area contributed by atoms with E-state index in [9.17, 15) is 4.79 Å². The van der Waals surface area contributed by atoms with E-state index < -0.39 is 0 Å². The van der Waals surface area contributed by atoms with E-state index in [2.05, 4.69) is 10.3 Å². The van der Waals surface area contributed by atoms with Gasteiger partial charge < -0.3 is 20.5 Å². The molecule has 0 aliphatic carbocycles. The van der Waals surface area contributed by atoms with Crippen LogP contribution in [0.3, 0.4) is 0 Å². The number of anilines is 2. The minimum Gasteiger partial charge on any atom is -0.457 e. The zero-order valence-corrected chi connectivity index (χ0v) is 19.1. The summed E-state index contributed by atoms with van der Waals surface area (Å²) in [4.78, 5) is 17.6. The molecule has 0 bridgehead atoms. The van der Waals surface area contributed by atoms with Crippen molar-refractivity contribution in [2.45, 2.75) is 6.54 Å². The van der Waals surface area contributed by atoms with Gasteiger partial charge in [-0.15, -0.1) is 24.0 Å². The number of guanidine groups is 1. The topological polar surface area (TPSA) is 89.2 Å². The number of carbonyl (C=O) groups excluding carboxylic acids is 1. The maximum atomic E-state index is 11.6. The maximum absolute atomic E-state index is 11.6. The van der Waals surface area contributed by atoms with Crippen LogP contribution in [0.5, 0.6) is 11.5 Å². The largest absolute Gasteiger partial charge is 0.457 e. The van der Waals surface area contributed by atoms with Gasteiger partial charge in [0.1, 0.15) is 18.1 Å². The molecular weight excluding hydrogens is 507 g/mol. The minimum atomic E-state index is -0.312. The molecule has 0 radical (unpaired) electrons. The second-order valence-corrected chi connectivity index (χ2v) is 6.70. The molecule has 0 aromatic heterocycles. The predicted molar refractivity (Wildman–Crippen MR) is 132 cm³/mol. The quantitative estimate of drug-likeness (QED) is 0.267. The van der Waals surface area contributed by atoms with Crippen LogP contribution in [0.2, 0.25) is 0 Å². The molecular formula is C23H23IN4O3. The Morgan fingerprint density at radius 3 is 2.48 bits per heavy atom. The number of aliphatic imine (C=N–C) groups is 1. The predicted octanol–water partition coefficient (Wildman–Crippen LogP) is 4.98. The van der Waals surface area contributed by atoms with Crippen molar-refractivity contribution in [3.05, 3.63) is 84.4 Å². The number of para-hydroxylation sites is 1. The summed E-state index contributed by atoms with van der Waals surface area (Å²) in [5.41, 5.74) is 8.61. The average molecular weight is 530 g/mol. The SMILES string of the molecule is I.NC(=NCc1ccc(N2CCOC2=O)cc1)Nc1cccc(Oc2ccccc2)c1. The van der Waals surface area contributed by atoms with E-state index in [4.69, 9.17) is 15.2 Å². The van der Waals surface area contributed by atoms with Crippen LogP contribution in [-0.4, -0.2) is 25.2 Å². The summed E-state index contributed by atoms with van der Waals surface area (Å²) in [6, 6.07) is 24.7. The van der Waals surface area contributed by atoms with Crippen LogP contribution in [0.15, 0.2) is 83.9 Å². The monoisotopic (exact) mass is 530 g/mol. The maximum Gasteiger partial charge on any atom is 0.414 e. The van der Waals surface area contributed by atoms with Gasteiger partial charge >= 0.3 is 6.09 Å². The first-order valence-electron chi connectivity index (χ1n) is 9.60. The molecule has 4 rings (SSSR count). The number of nitrogens with two attached hydrogens (primary N) is 1. The Balaban J connectivity index is 0.00000272. The first kappa shape index (κ1) is 22.4. The standard InChI is InChI=1S/C23H22N4O3.HI/c24-22(25-16-17-9-11-19(12-10-17)27-13-14-29-23(27)28)26-18-5-4-8-21(15-18)30-20-6-2-1-3-7-20;/h1-12,15H,13-14,16H2,(H3,24,25,26);1H. The third kappa shape index (κ3) is 6.11. The summed E-state index contributed by atoms with van der Waals surface area (Å²) in [5.74, 6) is 1.77. The van der Waals surface area contributed by atoms with Gasteiger partial charge in [0, 0.05) is 17.4 Å². The number of carbonyl (C=O) groups is 1. The number of halogens is 1. The van der Waals surface area contributed by atoms with Gasteiger partial charge in [-0.25, -0.2) is 9.79 Å². The number of nitrogens with zero attached hydrogens (tertiary/aromatic N) is 2. The van der Waals surface area contributed by atoms with Crippen LogP contribution in [-0.2, 0) is 11.3 Å². The van der Waals surface area contributed by atoms with Crippen LogP contribution in [0, 0.1) is 0 Å². The number of ether oxygens (including phenoxy) is 2. The highest BCUT2D eigenvalue weighted by molar-refractivity contribution is 14.0. The summed E-state index contributed by atoms with van der Waals surface area (Å²) in [6.45, 7) is 1.41. The number of rotatable bonds is 6. The van der Waals surface area contributed by atoms with Crippen molar-refractivity contribution in [2.24, 2.45) is 10.7 Å². The summed E-state index contributed by atoms with van der Waals surface area (Å²) in [7, 11) is 0. The van der Waals surface area contributed by atoms with Gasteiger partial charge in [0.15, 0.2) is 5.96 Å². The average Bonchev–Trinajstić information content (AvgIpc) is 3.19. The molecule has 8 heteroatoms. The molecule has 3 aromatic rings. The second-order valence-electron chi connectivity index (χ2n) is 6.70. The molecule has 0 saturated carbocycles. The van der Waals surface area contributed by atoms with Crippen molar-refractivity contribution in [3.63, 3.8) is 0 Å². The van der Waals surface area contributed by atoms with E-state index in [-0.39, 0.29) is 30.1 Å². The van der Waals surface area contributed by atoms with Crippen molar-refractivity contribution in [2.75, 3.05) is 23.4 Å². The molecule has 7 nitrogen and oxygen atoms in total. The molecule has 160 valence electrons. The third-order valence-corrected chi connectivity index (χ3v) is 4.53. The summed E-state index contributed by atoms with van der Waals surface area (Å²) in [6.07, 6.45) is -0.312. The Morgan fingerprint density at radius 2 is 1.77 bits per heavy atom. The van der Waals surface area contributed by atoms with Gasteiger partial charge in [-0.1, -0.05) is 36.4 Å². The number of hydrogen-bond donors (Lipinski definition) is 2. The number of hydrogen-bond acceptors (Lipinski definition) is 4. The van der Waals surface area contributed by atoms with E-state index in [1.54, 1.807) is 4.90 Å². The summed E-state index contributed by atoms with van der Waals surface area (Å²) < 4.78 is 10.8. The highest BCUT2D eigenvalue weighted by atomic mass is 127. The molecule has 3 aromatic carbocycles. The van der Waals surface area contributed by atoms with Crippen molar-refractivity contribution >= 4 is 47.4 Å². The van der Waals surface area contributed by atoms with E-state index in [0.717, 1.165) is 22.7 Å². The zero-order valence-electron chi connectivity index (χ0n) is 16.7. The van der Waals surface area contributed by atoms with Gasteiger partial charge in [0.25, 0.3) is 0 Å². The summed E-state index contributed by atoms with van der Waals surface area (Å²) in [5, 5.41) is 3.08. The molecule has 31 heavy (non-hydrogen) atoms. The van der Waals surface area contributed by atoms with E-state index >= 15 is 0 Å².